The molecular weight excluding hydrogens is 376 g/mol. The molecule has 3 aromatic rings. The Morgan fingerprint density at radius 3 is 2.28 bits per heavy atom. The Labute approximate surface area is 166 Å². The number of hydrogen-bond donors (Lipinski definition) is 0. The summed E-state index contributed by atoms with van der Waals surface area (Å²) < 4.78 is 16.9. The minimum Gasteiger partial charge on any atom is -0.805 e. The van der Waals surface area contributed by atoms with Gasteiger partial charge in [0.25, 0.3) is 11.3 Å². The van der Waals surface area contributed by atoms with Crippen LogP contribution in [0.5, 0.6) is 17.2 Å². The van der Waals surface area contributed by atoms with Crippen molar-refractivity contribution in [3.63, 3.8) is 0 Å². The number of benzene rings is 2. The van der Waals surface area contributed by atoms with Crippen LogP contribution in [-0.4, -0.2) is 31.8 Å². The maximum Gasteiger partial charge on any atom is 0.329 e. The molecule has 0 spiro atoms. The van der Waals surface area contributed by atoms with Gasteiger partial charge in [-0.1, -0.05) is 18.2 Å². The minimum absolute atomic E-state index is 0.0262. The van der Waals surface area contributed by atoms with Gasteiger partial charge in [-0.05, 0) is 36.8 Å². The summed E-state index contributed by atoms with van der Waals surface area (Å²) in [5, 5.41) is 12.5. The normalized spacial score (nSPS) is 11.0. The number of aromatic nitrogens is 2. The molecule has 1 aromatic heterocycles. The number of ether oxygens (including phenoxy) is 3. The zero-order chi connectivity index (χ0) is 21.1. The molecule has 0 bridgehead atoms. The fourth-order valence-electron chi connectivity index (χ4n) is 3.08. The lowest BCUT2D eigenvalue weighted by Crippen LogP contribution is -2.29. The van der Waals surface area contributed by atoms with Crippen LogP contribution in [-0.2, 0) is 0 Å². The number of rotatable bonds is 6. The number of carbonyl (C=O) groups is 1. The molecule has 150 valence electrons. The first kappa shape index (κ1) is 19.9. The van der Waals surface area contributed by atoms with Crippen LogP contribution in [0.25, 0.3) is 17.1 Å². The summed E-state index contributed by atoms with van der Waals surface area (Å²) in [7, 11) is 4.47. The molecule has 0 fully saturated rings. The highest BCUT2D eigenvalue weighted by molar-refractivity contribution is 6.05. The number of fused-ring (bicyclic) bond motifs is 1. The van der Waals surface area contributed by atoms with Crippen molar-refractivity contribution in [3.05, 3.63) is 69.5 Å². The zero-order valence-electron chi connectivity index (χ0n) is 16.5. The Bertz CT molecular complexity index is 1150. The maximum absolute atomic E-state index is 12.7. The third kappa shape index (κ3) is 3.52. The summed E-state index contributed by atoms with van der Waals surface area (Å²) in [5.74, 6) is 0.685. The van der Waals surface area contributed by atoms with Gasteiger partial charge in [0.2, 0.25) is 5.75 Å². The van der Waals surface area contributed by atoms with Gasteiger partial charge in [0, 0.05) is 11.0 Å². The van der Waals surface area contributed by atoms with Crippen LogP contribution in [0.3, 0.4) is 0 Å². The lowest BCUT2D eigenvalue weighted by Gasteiger charge is -2.15. The molecule has 0 aliphatic rings. The number of hydrogen-bond acceptors (Lipinski definition) is 6. The van der Waals surface area contributed by atoms with Gasteiger partial charge in [-0.15, -0.1) is 0 Å². The molecule has 0 radical (unpaired) electrons. The fourth-order valence-corrected chi connectivity index (χ4v) is 3.08. The number of nitrogens with zero attached hydrogens (tertiary/aromatic N) is 2. The number of carbonyl (C=O) groups excluding carboxylic acids is 1. The van der Waals surface area contributed by atoms with Crippen molar-refractivity contribution in [2.45, 2.75) is 6.92 Å². The van der Waals surface area contributed by atoms with Gasteiger partial charge in [-0.3, -0.25) is 4.79 Å². The van der Waals surface area contributed by atoms with Gasteiger partial charge in [0.1, 0.15) is 5.52 Å². The van der Waals surface area contributed by atoms with Gasteiger partial charge >= 0.3 is 5.69 Å². The Morgan fingerprint density at radius 1 is 1.07 bits per heavy atom. The number of para-hydroxylation sites is 2. The van der Waals surface area contributed by atoms with E-state index in [9.17, 15) is 14.9 Å². The first-order valence-electron chi connectivity index (χ1n) is 8.69. The third-order valence-corrected chi connectivity index (χ3v) is 4.52. The van der Waals surface area contributed by atoms with Crippen LogP contribution in [0.2, 0.25) is 0 Å². The molecule has 8 heteroatoms. The predicted octanol–water partition coefficient (Wildman–Crippen LogP) is 3.13. The fraction of sp³-hybridized carbons (Fsp3) is 0.190. The van der Waals surface area contributed by atoms with Crippen LogP contribution in [0.1, 0.15) is 21.7 Å². The smallest absolute Gasteiger partial charge is 0.329 e. The van der Waals surface area contributed by atoms with E-state index in [1.165, 1.54) is 52.5 Å². The predicted molar refractivity (Wildman–Crippen MR) is 108 cm³/mol. The lowest BCUT2D eigenvalue weighted by atomic mass is 10.1. The second kappa shape index (κ2) is 8.05. The Kier molecular flexibility index (Phi) is 5.54. The summed E-state index contributed by atoms with van der Waals surface area (Å²) in [5.41, 5.74) is 0.710. The van der Waals surface area contributed by atoms with Gasteiger partial charge in [-0.25, -0.2) is 0 Å². The summed E-state index contributed by atoms with van der Waals surface area (Å²) >= 11 is 0. The first-order chi connectivity index (χ1) is 13.9. The highest BCUT2D eigenvalue weighted by Gasteiger charge is 2.25. The third-order valence-electron chi connectivity index (χ3n) is 4.52. The average molecular weight is 396 g/mol. The Morgan fingerprint density at radius 2 is 1.69 bits per heavy atom. The standard InChI is InChI=1S/C21H20N2O6/c1-13-20(23(26)16-8-6-5-7-15(16)22(13)25)17(24)10-9-14-11-18(27-2)21(29-4)19(12-14)28-3/h5-12H,1-4H3/b10-9+. The molecule has 0 aliphatic carbocycles. The minimum atomic E-state index is -0.596. The van der Waals surface area contributed by atoms with E-state index in [1.807, 2.05) is 0 Å². The van der Waals surface area contributed by atoms with Crippen LogP contribution in [0.15, 0.2) is 42.5 Å². The molecule has 0 amide bonds. The summed E-state index contributed by atoms with van der Waals surface area (Å²) in [4.78, 5) is 25.4. The molecule has 1 heterocycles. The summed E-state index contributed by atoms with van der Waals surface area (Å²) in [6.07, 6.45) is 2.74. The van der Waals surface area contributed by atoms with Crippen molar-refractivity contribution in [1.29, 1.82) is 0 Å². The van der Waals surface area contributed by atoms with E-state index >= 15 is 0 Å². The van der Waals surface area contributed by atoms with E-state index in [2.05, 4.69) is 0 Å². The molecule has 0 unspecified atom stereocenters. The molecule has 0 aliphatic heterocycles. The van der Waals surface area contributed by atoms with Gasteiger partial charge in [-0.2, -0.15) is 0 Å². The second-order valence-electron chi connectivity index (χ2n) is 6.17. The largest absolute Gasteiger partial charge is 0.805 e. The Hall–Kier alpha value is -3.81. The molecule has 8 nitrogen and oxygen atoms in total. The molecular formula is C21H20N2O6. The van der Waals surface area contributed by atoms with E-state index in [-0.39, 0.29) is 22.4 Å². The zero-order valence-corrected chi connectivity index (χ0v) is 16.5. The maximum atomic E-state index is 12.7. The van der Waals surface area contributed by atoms with Crippen molar-refractivity contribution in [2.24, 2.45) is 0 Å². The molecule has 29 heavy (non-hydrogen) atoms. The molecule has 2 aromatic carbocycles. The molecule has 0 atom stereocenters. The number of methoxy groups -OCH3 is 3. The molecule has 0 N–H and O–H groups in total. The molecule has 0 saturated carbocycles. The number of allylic oxidation sites excluding steroid dienone is 1. The molecule has 3 rings (SSSR count). The van der Waals surface area contributed by atoms with Crippen molar-refractivity contribution in [3.8, 4) is 17.2 Å². The van der Waals surface area contributed by atoms with E-state index in [4.69, 9.17) is 14.2 Å². The van der Waals surface area contributed by atoms with Gasteiger partial charge in [0.05, 0.1) is 31.5 Å². The van der Waals surface area contributed by atoms with Crippen LogP contribution in [0, 0.1) is 17.0 Å². The lowest BCUT2D eigenvalue weighted by molar-refractivity contribution is -0.468. The van der Waals surface area contributed by atoms with Crippen molar-refractivity contribution >= 4 is 22.9 Å². The van der Waals surface area contributed by atoms with Crippen LogP contribution >= 0.6 is 0 Å². The topological polar surface area (TPSA) is 95.7 Å². The average Bonchev–Trinajstić information content (AvgIpc) is 2.75. The second-order valence-corrected chi connectivity index (χ2v) is 6.17. The molecule has 0 saturated heterocycles. The van der Waals surface area contributed by atoms with E-state index in [0.29, 0.717) is 32.0 Å². The van der Waals surface area contributed by atoms with Crippen LogP contribution < -0.4 is 18.6 Å². The van der Waals surface area contributed by atoms with Crippen molar-refractivity contribution in [2.75, 3.05) is 21.3 Å². The van der Waals surface area contributed by atoms with Gasteiger partial charge < -0.3 is 24.1 Å². The van der Waals surface area contributed by atoms with Crippen molar-refractivity contribution in [1.82, 2.24) is 4.73 Å². The van der Waals surface area contributed by atoms with E-state index < -0.39 is 5.78 Å². The van der Waals surface area contributed by atoms with E-state index in [0.717, 1.165) is 0 Å². The summed E-state index contributed by atoms with van der Waals surface area (Å²) in [6.45, 7) is 1.44. The van der Waals surface area contributed by atoms with Gasteiger partial charge in [0.15, 0.2) is 11.5 Å². The highest BCUT2D eigenvalue weighted by Crippen LogP contribution is 2.38. The first-order valence-corrected chi connectivity index (χ1v) is 8.69. The SMILES string of the molecule is COc1cc(/C=C/C(=O)c2c(C)n([O-])c3ccccc3[n+]2=O)cc(OC)c1OC. The number of ketones is 1. The monoisotopic (exact) mass is 396 g/mol. The Balaban J connectivity index is 2.06. The summed E-state index contributed by atoms with van der Waals surface area (Å²) in [6, 6.07) is 9.64. The van der Waals surface area contributed by atoms with Crippen LogP contribution in [0.4, 0.5) is 0 Å². The van der Waals surface area contributed by atoms with Crippen molar-refractivity contribution < 1.29 is 23.4 Å². The highest BCUT2D eigenvalue weighted by atomic mass is 16.5. The van der Waals surface area contributed by atoms with E-state index in [1.54, 1.807) is 24.3 Å². The quantitative estimate of drug-likeness (QED) is 0.361.